The zero-order valence-electron chi connectivity index (χ0n) is 17.4. The van der Waals surface area contributed by atoms with Gasteiger partial charge in [-0.2, -0.15) is 0 Å². The van der Waals surface area contributed by atoms with E-state index in [-0.39, 0.29) is 12.0 Å². The number of benzene rings is 2. The van der Waals surface area contributed by atoms with Gasteiger partial charge in [-0.05, 0) is 38.0 Å². The van der Waals surface area contributed by atoms with Crippen molar-refractivity contribution >= 4 is 34.3 Å². The number of carbonyl (C=O) groups excluding carboxylic acids is 1. The second-order valence-electron chi connectivity index (χ2n) is 8.42. The maximum absolute atomic E-state index is 12.9. The van der Waals surface area contributed by atoms with E-state index < -0.39 is 5.60 Å². The standard InChI is InChI=1S/C24H25ClN2O3/c1-24(2,3)30-23(28)27-14-17(13-25)21-18-10-7-11-26-22(18)20(12-19(21)27)29-15-16-8-5-4-6-9-16/h4-12,17H,13-15H2,1-3H3/t17-/m0/s1. The fourth-order valence-electron chi connectivity index (χ4n) is 3.75. The summed E-state index contributed by atoms with van der Waals surface area (Å²) in [5, 5.41) is 0.953. The van der Waals surface area contributed by atoms with Crippen LogP contribution in [0.25, 0.3) is 10.9 Å². The Kier molecular flexibility index (Phi) is 5.56. The van der Waals surface area contributed by atoms with Crippen LogP contribution in [0.1, 0.15) is 37.8 Å². The summed E-state index contributed by atoms with van der Waals surface area (Å²) in [6, 6.07) is 15.8. The van der Waals surface area contributed by atoms with Gasteiger partial charge in [0.15, 0.2) is 0 Å². The van der Waals surface area contributed by atoms with Gasteiger partial charge in [0.1, 0.15) is 23.5 Å². The summed E-state index contributed by atoms with van der Waals surface area (Å²) in [6.45, 7) is 6.47. The lowest BCUT2D eigenvalue weighted by Crippen LogP contribution is -2.36. The Morgan fingerprint density at radius 1 is 1.20 bits per heavy atom. The highest BCUT2D eigenvalue weighted by Crippen LogP contribution is 2.45. The third-order valence-electron chi connectivity index (χ3n) is 5.01. The molecule has 0 aliphatic carbocycles. The first kappa shape index (κ1) is 20.5. The van der Waals surface area contributed by atoms with Crippen molar-refractivity contribution in [2.75, 3.05) is 17.3 Å². The lowest BCUT2D eigenvalue weighted by molar-refractivity contribution is 0.0582. The van der Waals surface area contributed by atoms with Gasteiger partial charge in [-0.25, -0.2) is 4.79 Å². The van der Waals surface area contributed by atoms with Gasteiger partial charge in [0.2, 0.25) is 0 Å². The zero-order chi connectivity index (χ0) is 21.3. The van der Waals surface area contributed by atoms with Gasteiger partial charge in [-0.1, -0.05) is 36.4 Å². The Morgan fingerprint density at radius 3 is 2.67 bits per heavy atom. The molecule has 156 valence electrons. The zero-order valence-corrected chi connectivity index (χ0v) is 18.1. The number of ether oxygens (including phenoxy) is 2. The van der Waals surface area contributed by atoms with Crippen LogP contribution in [0.4, 0.5) is 10.5 Å². The first-order chi connectivity index (χ1) is 14.4. The number of halogens is 1. The van der Waals surface area contributed by atoms with Crippen molar-refractivity contribution in [1.29, 1.82) is 0 Å². The van der Waals surface area contributed by atoms with E-state index in [4.69, 9.17) is 21.1 Å². The Bertz CT molecular complexity index is 1060. The monoisotopic (exact) mass is 424 g/mol. The number of pyridine rings is 1. The normalized spacial score (nSPS) is 15.9. The van der Waals surface area contributed by atoms with Crippen LogP contribution in [-0.4, -0.2) is 29.1 Å². The van der Waals surface area contributed by atoms with E-state index in [1.807, 2.05) is 69.3 Å². The first-order valence-corrected chi connectivity index (χ1v) is 10.6. The number of hydrogen-bond acceptors (Lipinski definition) is 4. The maximum Gasteiger partial charge on any atom is 0.414 e. The molecule has 1 atom stereocenters. The van der Waals surface area contributed by atoms with Crippen LogP contribution < -0.4 is 9.64 Å². The number of rotatable bonds is 4. The molecule has 0 N–H and O–H groups in total. The van der Waals surface area contributed by atoms with Crippen LogP contribution in [0.2, 0.25) is 0 Å². The van der Waals surface area contributed by atoms with E-state index in [9.17, 15) is 4.79 Å². The molecule has 0 fully saturated rings. The summed E-state index contributed by atoms with van der Waals surface area (Å²) in [6.07, 6.45) is 1.37. The molecule has 30 heavy (non-hydrogen) atoms. The van der Waals surface area contributed by atoms with Crippen molar-refractivity contribution in [3.63, 3.8) is 0 Å². The van der Waals surface area contributed by atoms with Gasteiger partial charge in [0.25, 0.3) is 0 Å². The molecule has 6 heteroatoms. The van der Waals surface area contributed by atoms with Gasteiger partial charge >= 0.3 is 6.09 Å². The predicted octanol–water partition coefficient (Wildman–Crippen LogP) is 5.89. The summed E-state index contributed by atoms with van der Waals surface area (Å²) in [7, 11) is 0. The Labute approximate surface area is 181 Å². The Hall–Kier alpha value is -2.79. The fraction of sp³-hybridized carbons (Fsp3) is 0.333. The van der Waals surface area contributed by atoms with Crippen molar-refractivity contribution in [3.8, 4) is 5.75 Å². The van der Waals surface area contributed by atoms with Crippen LogP contribution in [0.3, 0.4) is 0 Å². The molecule has 5 nitrogen and oxygen atoms in total. The largest absolute Gasteiger partial charge is 0.487 e. The molecular weight excluding hydrogens is 400 g/mol. The molecule has 1 aliphatic heterocycles. The molecule has 0 saturated heterocycles. The van der Waals surface area contributed by atoms with Gasteiger partial charge < -0.3 is 9.47 Å². The van der Waals surface area contributed by atoms with Crippen LogP contribution in [0.5, 0.6) is 5.75 Å². The molecule has 0 unspecified atom stereocenters. The fourth-order valence-corrected chi connectivity index (χ4v) is 4.00. The van der Waals surface area contributed by atoms with Crippen LogP contribution in [-0.2, 0) is 11.3 Å². The molecule has 1 aromatic heterocycles. The molecule has 3 aromatic rings. The summed E-state index contributed by atoms with van der Waals surface area (Å²) in [4.78, 5) is 19.1. The van der Waals surface area contributed by atoms with Crippen molar-refractivity contribution in [2.24, 2.45) is 0 Å². The van der Waals surface area contributed by atoms with E-state index in [1.165, 1.54) is 0 Å². The van der Waals surface area contributed by atoms with Gasteiger partial charge in [0, 0.05) is 36.0 Å². The molecular formula is C24H25ClN2O3. The number of anilines is 1. The predicted molar refractivity (Wildman–Crippen MR) is 120 cm³/mol. The van der Waals surface area contributed by atoms with E-state index in [0.717, 1.165) is 27.7 Å². The average Bonchev–Trinajstić information content (AvgIpc) is 3.10. The van der Waals surface area contributed by atoms with Crippen molar-refractivity contribution < 1.29 is 14.3 Å². The third-order valence-corrected chi connectivity index (χ3v) is 5.39. The molecule has 1 amide bonds. The summed E-state index contributed by atoms with van der Waals surface area (Å²) in [5.41, 5.74) is 3.05. The first-order valence-electron chi connectivity index (χ1n) is 10.0. The number of aromatic nitrogens is 1. The van der Waals surface area contributed by atoms with E-state index in [0.29, 0.717) is 24.8 Å². The van der Waals surface area contributed by atoms with Crippen LogP contribution >= 0.6 is 11.6 Å². The van der Waals surface area contributed by atoms with E-state index in [1.54, 1.807) is 11.1 Å². The minimum atomic E-state index is -0.582. The molecule has 0 radical (unpaired) electrons. The summed E-state index contributed by atoms with van der Waals surface area (Å²) < 4.78 is 11.8. The smallest absolute Gasteiger partial charge is 0.414 e. The lowest BCUT2D eigenvalue weighted by atomic mass is 9.97. The quantitative estimate of drug-likeness (QED) is 0.490. The second-order valence-corrected chi connectivity index (χ2v) is 8.73. The van der Waals surface area contributed by atoms with Crippen LogP contribution in [0.15, 0.2) is 54.7 Å². The van der Waals surface area contributed by atoms with E-state index >= 15 is 0 Å². The van der Waals surface area contributed by atoms with Crippen LogP contribution in [0, 0.1) is 0 Å². The SMILES string of the molecule is CC(C)(C)OC(=O)N1C[C@H](CCl)c2c1cc(OCc1ccccc1)c1ncccc21. The van der Waals surface area contributed by atoms with Gasteiger partial charge in [-0.3, -0.25) is 9.88 Å². The van der Waals surface area contributed by atoms with Crippen molar-refractivity contribution in [2.45, 2.75) is 38.9 Å². The molecule has 2 heterocycles. The van der Waals surface area contributed by atoms with Crippen molar-refractivity contribution in [1.82, 2.24) is 4.98 Å². The maximum atomic E-state index is 12.9. The number of nitrogens with zero attached hydrogens (tertiary/aromatic N) is 2. The third kappa shape index (κ3) is 4.08. The summed E-state index contributed by atoms with van der Waals surface area (Å²) in [5.74, 6) is 1.04. The molecule has 1 aliphatic rings. The Balaban J connectivity index is 1.77. The molecule has 2 aromatic carbocycles. The topological polar surface area (TPSA) is 51.7 Å². The second kappa shape index (κ2) is 8.15. The average molecular weight is 425 g/mol. The number of alkyl halides is 1. The molecule has 0 spiro atoms. The van der Waals surface area contributed by atoms with Gasteiger partial charge in [0.05, 0.1) is 5.69 Å². The Morgan fingerprint density at radius 2 is 1.97 bits per heavy atom. The molecule has 0 saturated carbocycles. The minimum absolute atomic E-state index is 0.00376. The van der Waals surface area contributed by atoms with Crippen molar-refractivity contribution in [3.05, 3.63) is 65.9 Å². The highest BCUT2D eigenvalue weighted by Gasteiger charge is 2.37. The number of carbonyl (C=O) groups is 1. The minimum Gasteiger partial charge on any atom is -0.487 e. The molecule has 4 rings (SSSR count). The number of hydrogen-bond donors (Lipinski definition) is 0. The summed E-state index contributed by atoms with van der Waals surface area (Å²) >= 11 is 6.29. The highest BCUT2D eigenvalue weighted by molar-refractivity contribution is 6.19. The lowest BCUT2D eigenvalue weighted by Gasteiger charge is -2.25. The number of fused-ring (bicyclic) bond motifs is 3. The number of amides is 1. The highest BCUT2D eigenvalue weighted by atomic mass is 35.5. The molecule has 0 bridgehead atoms. The van der Waals surface area contributed by atoms with Gasteiger partial charge in [-0.15, -0.1) is 11.6 Å². The van der Waals surface area contributed by atoms with E-state index in [2.05, 4.69) is 4.98 Å².